The zero-order valence-corrected chi connectivity index (χ0v) is 16.5. The Morgan fingerprint density at radius 1 is 1.25 bits per heavy atom. The first-order chi connectivity index (χ1) is 11.1. The van der Waals surface area contributed by atoms with Gasteiger partial charge in [-0.25, -0.2) is 4.79 Å². The van der Waals surface area contributed by atoms with Gasteiger partial charge < -0.3 is 14.5 Å². The van der Waals surface area contributed by atoms with E-state index in [1.54, 1.807) is 9.80 Å². The number of hydrogen-bond donors (Lipinski definition) is 0. The quantitative estimate of drug-likeness (QED) is 0.724. The van der Waals surface area contributed by atoms with Crippen LogP contribution in [0.15, 0.2) is 22.7 Å². The number of carbonyl (C=O) groups excluding carboxylic acids is 2. The van der Waals surface area contributed by atoms with E-state index in [9.17, 15) is 9.59 Å². The van der Waals surface area contributed by atoms with E-state index in [0.29, 0.717) is 25.2 Å². The third-order valence-electron chi connectivity index (χ3n) is 3.97. The van der Waals surface area contributed by atoms with Crippen LogP contribution in [0.4, 0.5) is 4.79 Å². The molecule has 0 spiro atoms. The predicted molar refractivity (Wildman–Crippen MR) is 97.2 cm³/mol. The minimum Gasteiger partial charge on any atom is -0.444 e. The molecule has 1 aliphatic heterocycles. The second kappa shape index (κ2) is 7.13. The predicted octanol–water partition coefficient (Wildman–Crippen LogP) is 3.84. The maximum atomic E-state index is 12.8. The Kier molecular flexibility index (Phi) is 5.58. The fraction of sp³-hybridized carbons (Fsp3) is 0.556. The lowest BCUT2D eigenvalue weighted by Gasteiger charge is -2.40. The van der Waals surface area contributed by atoms with Crippen LogP contribution in [0, 0.1) is 6.92 Å². The number of hydrogen-bond acceptors (Lipinski definition) is 3. The Morgan fingerprint density at radius 3 is 2.50 bits per heavy atom. The number of nitrogens with zero attached hydrogens (tertiary/aromatic N) is 2. The van der Waals surface area contributed by atoms with Crippen molar-refractivity contribution < 1.29 is 14.3 Å². The second-order valence-electron chi connectivity index (χ2n) is 7.23. The third-order valence-corrected chi connectivity index (χ3v) is 4.47. The molecule has 1 saturated heterocycles. The van der Waals surface area contributed by atoms with E-state index in [-0.39, 0.29) is 18.0 Å². The molecule has 2 rings (SSSR count). The lowest BCUT2D eigenvalue weighted by Crippen LogP contribution is -2.56. The largest absolute Gasteiger partial charge is 0.444 e. The molecule has 132 valence electrons. The van der Waals surface area contributed by atoms with Gasteiger partial charge in [0.2, 0.25) is 0 Å². The van der Waals surface area contributed by atoms with Gasteiger partial charge in [-0.05, 0) is 52.3 Å². The number of ether oxygens (including phenoxy) is 1. The third kappa shape index (κ3) is 4.50. The Balaban J connectivity index is 2.06. The zero-order valence-electron chi connectivity index (χ0n) is 14.9. The molecular weight excluding hydrogens is 372 g/mol. The van der Waals surface area contributed by atoms with E-state index in [1.807, 2.05) is 52.8 Å². The molecule has 6 heteroatoms. The number of amides is 2. The van der Waals surface area contributed by atoms with Gasteiger partial charge in [0.25, 0.3) is 5.91 Å². The van der Waals surface area contributed by atoms with Gasteiger partial charge in [0, 0.05) is 35.7 Å². The number of carbonyl (C=O) groups is 2. The molecule has 0 radical (unpaired) electrons. The normalized spacial score (nSPS) is 18.5. The summed E-state index contributed by atoms with van der Waals surface area (Å²) in [5.74, 6) is 0.00416. The molecule has 5 nitrogen and oxygen atoms in total. The summed E-state index contributed by atoms with van der Waals surface area (Å²) in [6, 6.07) is 5.63. The smallest absolute Gasteiger partial charge is 0.410 e. The van der Waals surface area contributed by atoms with Crippen LogP contribution in [0.25, 0.3) is 0 Å². The summed E-state index contributed by atoms with van der Waals surface area (Å²) in [6.07, 6.45) is -0.319. The van der Waals surface area contributed by atoms with Crippen molar-refractivity contribution in [3.8, 4) is 0 Å². The molecule has 1 fully saturated rings. The highest BCUT2D eigenvalue weighted by Crippen LogP contribution is 2.21. The molecule has 1 atom stereocenters. The summed E-state index contributed by atoms with van der Waals surface area (Å²) in [4.78, 5) is 28.6. The average Bonchev–Trinajstić information content (AvgIpc) is 2.47. The van der Waals surface area contributed by atoms with Crippen molar-refractivity contribution >= 4 is 27.9 Å². The molecule has 1 aliphatic rings. The molecule has 0 unspecified atom stereocenters. The SMILES string of the molecule is Cc1ccc(Br)cc1C(=O)N1CCN(C(=O)OC(C)(C)C)[C@@H](C)C1. The van der Waals surface area contributed by atoms with Crippen LogP contribution < -0.4 is 0 Å². The van der Waals surface area contributed by atoms with E-state index in [2.05, 4.69) is 15.9 Å². The monoisotopic (exact) mass is 396 g/mol. The molecule has 1 heterocycles. The van der Waals surface area contributed by atoms with E-state index in [0.717, 1.165) is 10.0 Å². The number of benzene rings is 1. The highest BCUT2D eigenvalue weighted by molar-refractivity contribution is 9.10. The van der Waals surface area contributed by atoms with Crippen molar-refractivity contribution in [2.24, 2.45) is 0 Å². The fourth-order valence-corrected chi connectivity index (χ4v) is 3.09. The molecular formula is C18H25BrN2O3. The number of piperazine rings is 1. The maximum absolute atomic E-state index is 12.8. The minimum atomic E-state index is -0.517. The van der Waals surface area contributed by atoms with Gasteiger partial charge in [-0.3, -0.25) is 4.79 Å². The Hall–Kier alpha value is -1.56. The average molecular weight is 397 g/mol. The van der Waals surface area contributed by atoms with Gasteiger partial charge in [0.1, 0.15) is 5.60 Å². The maximum Gasteiger partial charge on any atom is 0.410 e. The van der Waals surface area contributed by atoms with Crippen molar-refractivity contribution in [3.63, 3.8) is 0 Å². The summed E-state index contributed by atoms with van der Waals surface area (Å²) in [6.45, 7) is 10.9. The van der Waals surface area contributed by atoms with Crippen molar-refractivity contribution in [2.75, 3.05) is 19.6 Å². The van der Waals surface area contributed by atoms with Crippen LogP contribution in [0.2, 0.25) is 0 Å². The Morgan fingerprint density at radius 2 is 1.92 bits per heavy atom. The van der Waals surface area contributed by atoms with Crippen molar-refractivity contribution in [2.45, 2.75) is 46.3 Å². The lowest BCUT2D eigenvalue weighted by molar-refractivity contribution is 0.00197. The first kappa shape index (κ1) is 18.8. The van der Waals surface area contributed by atoms with Crippen LogP contribution in [0.5, 0.6) is 0 Å². The highest BCUT2D eigenvalue weighted by atomic mass is 79.9. The summed E-state index contributed by atoms with van der Waals surface area (Å²) in [5.41, 5.74) is 1.13. The van der Waals surface area contributed by atoms with Gasteiger partial charge in [0.05, 0.1) is 0 Å². The first-order valence-electron chi connectivity index (χ1n) is 8.13. The highest BCUT2D eigenvalue weighted by Gasteiger charge is 2.33. The molecule has 24 heavy (non-hydrogen) atoms. The summed E-state index contributed by atoms with van der Waals surface area (Å²) >= 11 is 3.42. The summed E-state index contributed by atoms with van der Waals surface area (Å²) in [7, 11) is 0. The topological polar surface area (TPSA) is 49.9 Å². The first-order valence-corrected chi connectivity index (χ1v) is 8.93. The van der Waals surface area contributed by atoms with Crippen molar-refractivity contribution in [3.05, 3.63) is 33.8 Å². The van der Waals surface area contributed by atoms with Crippen molar-refractivity contribution in [1.82, 2.24) is 9.80 Å². The standard InChI is InChI=1S/C18H25BrN2O3/c1-12-6-7-14(19)10-15(12)16(22)20-8-9-21(13(2)11-20)17(23)24-18(3,4)5/h6-7,10,13H,8-9,11H2,1-5H3/t13-/m0/s1. The molecule has 0 bridgehead atoms. The molecule has 0 saturated carbocycles. The summed E-state index contributed by atoms with van der Waals surface area (Å²) < 4.78 is 6.33. The van der Waals surface area contributed by atoms with Gasteiger partial charge in [0.15, 0.2) is 0 Å². The van der Waals surface area contributed by atoms with Crippen LogP contribution in [-0.4, -0.2) is 53.1 Å². The number of aryl methyl sites for hydroxylation is 1. The number of rotatable bonds is 1. The van der Waals surface area contributed by atoms with E-state index in [4.69, 9.17) is 4.74 Å². The molecule has 1 aromatic rings. The molecule has 0 aliphatic carbocycles. The van der Waals surface area contributed by atoms with Gasteiger partial charge >= 0.3 is 6.09 Å². The second-order valence-corrected chi connectivity index (χ2v) is 8.15. The fourth-order valence-electron chi connectivity index (χ4n) is 2.73. The lowest BCUT2D eigenvalue weighted by atomic mass is 10.1. The van der Waals surface area contributed by atoms with Crippen LogP contribution in [0.1, 0.15) is 43.6 Å². The van der Waals surface area contributed by atoms with Crippen LogP contribution in [-0.2, 0) is 4.74 Å². The summed E-state index contributed by atoms with van der Waals surface area (Å²) in [5, 5.41) is 0. The molecule has 0 aromatic heterocycles. The Labute approximate surface area is 152 Å². The van der Waals surface area contributed by atoms with E-state index in [1.165, 1.54) is 0 Å². The van der Waals surface area contributed by atoms with Crippen LogP contribution >= 0.6 is 15.9 Å². The van der Waals surface area contributed by atoms with Gasteiger partial charge in [-0.15, -0.1) is 0 Å². The van der Waals surface area contributed by atoms with E-state index < -0.39 is 5.60 Å². The van der Waals surface area contributed by atoms with Crippen LogP contribution in [0.3, 0.4) is 0 Å². The van der Waals surface area contributed by atoms with E-state index >= 15 is 0 Å². The molecule has 2 amide bonds. The minimum absolute atomic E-state index is 0.00416. The zero-order chi connectivity index (χ0) is 18.1. The Bertz CT molecular complexity index is 640. The van der Waals surface area contributed by atoms with Gasteiger partial charge in [-0.1, -0.05) is 22.0 Å². The number of halogens is 1. The van der Waals surface area contributed by atoms with Gasteiger partial charge in [-0.2, -0.15) is 0 Å². The molecule has 1 aromatic carbocycles. The van der Waals surface area contributed by atoms with Crippen molar-refractivity contribution in [1.29, 1.82) is 0 Å². The molecule has 0 N–H and O–H groups in total.